The minimum absolute atomic E-state index is 0.0531. The van der Waals surface area contributed by atoms with Crippen molar-refractivity contribution in [2.24, 2.45) is 5.92 Å². The summed E-state index contributed by atoms with van der Waals surface area (Å²) in [7, 11) is 0. The van der Waals surface area contributed by atoms with E-state index in [-0.39, 0.29) is 23.2 Å². The highest BCUT2D eigenvalue weighted by atomic mass is 32.2. The molecule has 1 amide bonds. The highest BCUT2D eigenvalue weighted by Crippen LogP contribution is 2.25. The van der Waals surface area contributed by atoms with Crippen LogP contribution in [0.3, 0.4) is 0 Å². The quantitative estimate of drug-likeness (QED) is 0.725. The van der Waals surface area contributed by atoms with Crippen LogP contribution in [0.5, 0.6) is 0 Å². The van der Waals surface area contributed by atoms with Crippen molar-refractivity contribution in [1.29, 1.82) is 0 Å². The molecule has 0 saturated carbocycles. The van der Waals surface area contributed by atoms with Crippen LogP contribution < -0.4 is 5.32 Å². The summed E-state index contributed by atoms with van der Waals surface area (Å²) in [6, 6.07) is 9.96. The van der Waals surface area contributed by atoms with Gasteiger partial charge in [0.2, 0.25) is 5.91 Å². The number of carbonyl (C=O) groups excluding carboxylic acids is 1. The third kappa shape index (κ3) is 5.97. The maximum absolute atomic E-state index is 12.1. The molecule has 2 unspecified atom stereocenters. The Labute approximate surface area is 126 Å². The molecular weight excluding hydrogens is 270 g/mol. The third-order valence-corrected chi connectivity index (χ3v) is 4.57. The fourth-order valence-corrected chi connectivity index (χ4v) is 2.78. The minimum atomic E-state index is -0.350. The van der Waals surface area contributed by atoms with Crippen molar-refractivity contribution in [2.75, 3.05) is 6.54 Å². The molecule has 1 rings (SSSR count). The smallest absolute Gasteiger partial charge is 0.233 e. The Hall–Kier alpha value is -1.00. The Bertz CT molecular complexity index is 395. The van der Waals surface area contributed by atoms with Crippen LogP contribution in [0.25, 0.3) is 0 Å². The molecule has 0 aliphatic heterocycles. The highest BCUT2D eigenvalue weighted by molar-refractivity contribution is 8.00. The van der Waals surface area contributed by atoms with Crippen LogP contribution in [-0.2, 0) is 4.79 Å². The predicted molar refractivity (Wildman–Crippen MR) is 84.8 cm³/mol. The van der Waals surface area contributed by atoms with E-state index < -0.39 is 0 Å². The molecule has 0 aliphatic carbocycles. The zero-order chi connectivity index (χ0) is 15.0. The lowest BCUT2D eigenvalue weighted by Gasteiger charge is -2.17. The van der Waals surface area contributed by atoms with Crippen LogP contribution in [0.15, 0.2) is 35.2 Å². The van der Waals surface area contributed by atoms with Gasteiger partial charge >= 0.3 is 0 Å². The molecule has 2 N–H and O–H groups in total. The molecule has 0 radical (unpaired) electrons. The van der Waals surface area contributed by atoms with Gasteiger partial charge in [0.1, 0.15) is 0 Å². The van der Waals surface area contributed by atoms with Crippen LogP contribution >= 0.6 is 11.8 Å². The summed E-state index contributed by atoms with van der Waals surface area (Å²) in [4.78, 5) is 13.2. The van der Waals surface area contributed by atoms with E-state index in [0.717, 1.165) is 11.3 Å². The van der Waals surface area contributed by atoms with Gasteiger partial charge in [0.05, 0.1) is 11.4 Å². The number of carbonyl (C=O) groups is 1. The number of benzene rings is 1. The first-order valence-corrected chi connectivity index (χ1v) is 8.10. The number of rotatable bonds is 8. The lowest BCUT2D eigenvalue weighted by molar-refractivity contribution is -0.120. The Morgan fingerprint density at radius 3 is 2.50 bits per heavy atom. The summed E-state index contributed by atoms with van der Waals surface area (Å²) in [6.45, 7) is 6.51. The second-order valence-electron chi connectivity index (χ2n) is 5.22. The van der Waals surface area contributed by atoms with E-state index >= 15 is 0 Å². The van der Waals surface area contributed by atoms with E-state index in [9.17, 15) is 9.90 Å². The number of thioether (sulfide) groups is 1. The monoisotopic (exact) mass is 295 g/mol. The average Bonchev–Trinajstić information content (AvgIpc) is 2.45. The van der Waals surface area contributed by atoms with Crippen LogP contribution in [-0.4, -0.2) is 28.9 Å². The van der Waals surface area contributed by atoms with E-state index in [0.29, 0.717) is 13.0 Å². The van der Waals surface area contributed by atoms with E-state index in [4.69, 9.17) is 0 Å². The van der Waals surface area contributed by atoms with Crippen molar-refractivity contribution in [3.63, 3.8) is 0 Å². The normalized spacial score (nSPS) is 14.1. The molecule has 0 heterocycles. The van der Waals surface area contributed by atoms with Crippen molar-refractivity contribution < 1.29 is 9.90 Å². The van der Waals surface area contributed by atoms with Crippen LogP contribution in [0.4, 0.5) is 0 Å². The molecule has 112 valence electrons. The molecule has 0 aromatic heterocycles. The molecule has 0 saturated heterocycles. The van der Waals surface area contributed by atoms with Gasteiger partial charge in [-0.15, -0.1) is 11.8 Å². The van der Waals surface area contributed by atoms with Gasteiger partial charge in [-0.2, -0.15) is 0 Å². The van der Waals surface area contributed by atoms with Gasteiger partial charge in [-0.1, -0.05) is 39.0 Å². The Morgan fingerprint density at radius 1 is 1.30 bits per heavy atom. The summed E-state index contributed by atoms with van der Waals surface area (Å²) in [5.41, 5.74) is 0. The molecule has 2 atom stereocenters. The second kappa shape index (κ2) is 9.03. The summed E-state index contributed by atoms with van der Waals surface area (Å²) >= 11 is 1.59. The first-order valence-electron chi connectivity index (χ1n) is 7.22. The van der Waals surface area contributed by atoms with Crippen molar-refractivity contribution in [2.45, 2.75) is 49.9 Å². The topological polar surface area (TPSA) is 49.3 Å². The maximum atomic E-state index is 12.1. The van der Waals surface area contributed by atoms with Gasteiger partial charge in [0.25, 0.3) is 0 Å². The zero-order valence-corrected chi connectivity index (χ0v) is 13.3. The molecule has 1 aromatic rings. The number of nitrogens with one attached hydrogen (secondary N) is 1. The van der Waals surface area contributed by atoms with Gasteiger partial charge in [-0.3, -0.25) is 4.79 Å². The van der Waals surface area contributed by atoms with E-state index in [1.165, 1.54) is 0 Å². The molecule has 3 nitrogen and oxygen atoms in total. The largest absolute Gasteiger partial charge is 0.393 e. The first kappa shape index (κ1) is 17.1. The number of amides is 1. The molecule has 4 heteroatoms. The third-order valence-electron chi connectivity index (χ3n) is 3.19. The molecule has 0 spiro atoms. The van der Waals surface area contributed by atoms with Crippen molar-refractivity contribution in [3.8, 4) is 0 Å². The Kier molecular flexibility index (Phi) is 7.70. The fourth-order valence-electron chi connectivity index (χ4n) is 1.78. The van der Waals surface area contributed by atoms with Crippen molar-refractivity contribution >= 4 is 17.7 Å². The van der Waals surface area contributed by atoms with Gasteiger partial charge < -0.3 is 10.4 Å². The van der Waals surface area contributed by atoms with Crippen LogP contribution in [0.1, 0.15) is 33.6 Å². The van der Waals surface area contributed by atoms with Gasteiger partial charge in [0.15, 0.2) is 0 Å². The zero-order valence-electron chi connectivity index (χ0n) is 12.5. The van der Waals surface area contributed by atoms with E-state index in [2.05, 4.69) is 5.32 Å². The van der Waals surface area contributed by atoms with Gasteiger partial charge in [-0.25, -0.2) is 0 Å². The lowest BCUT2D eigenvalue weighted by atomic mass is 10.0. The lowest BCUT2D eigenvalue weighted by Crippen LogP contribution is -2.34. The summed E-state index contributed by atoms with van der Waals surface area (Å²) in [5, 5.41) is 12.6. The molecular formula is C16H25NO2S. The molecule has 0 fully saturated rings. The van der Waals surface area contributed by atoms with Crippen molar-refractivity contribution in [1.82, 2.24) is 5.32 Å². The first-order chi connectivity index (χ1) is 9.54. The SMILES string of the molecule is CCC(Sc1ccccc1)C(=O)NCCC(O)C(C)C. The van der Waals surface area contributed by atoms with E-state index in [1.807, 2.05) is 51.1 Å². The van der Waals surface area contributed by atoms with Gasteiger partial charge in [0, 0.05) is 11.4 Å². The molecule has 1 aromatic carbocycles. The minimum Gasteiger partial charge on any atom is -0.393 e. The maximum Gasteiger partial charge on any atom is 0.233 e. The molecule has 20 heavy (non-hydrogen) atoms. The van der Waals surface area contributed by atoms with Crippen LogP contribution in [0.2, 0.25) is 0 Å². The standard InChI is InChI=1S/C16H25NO2S/c1-4-15(20-13-8-6-5-7-9-13)16(19)17-11-10-14(18)12(2)3/h5-9,12,14-15,18H,4,10-11H2,1-3H3,(H,17,19). The van der Waals surface area contributed by atoms with Gasteiger partial charge in [-0.05, 0) is 30.9 Å². The Balaban J connectivity index is 2.39. The summed E-state index contributed by atoms with van der Waals surface area (Å²) < 4.78 is 0. The number of aliphatic hydroxyl groups is 1. The predicted octanol–water partition coefficient (Wildman–Crippen LogP) is 3.08. The highest BCUT2D eigenvalue weighted by Gasteiger charge is 2.18. The van der Waals surface area contributed by atoms with Crippen LogP contribution in [0, 0.1) is 5.92 Å². The summed E-state index contributed by atoms with van der Waals surface area (Å²) in [5.74, 6) is 0.282. The number of hydrogen-bond acceptors (Lipinski definition) is 3. The molecule has 0 aliphatic rings. The average molecular weight is 295 g/mol. The molecule has 0 bridgehead atoms. The number of aliphatic hydroxyl groups excluding tert-OH is 1. The fraction of sp³-hybridized carbons (Fsp3) is 0.562. The second-order valence-corrected chi connectivity index (χ2v) is 6.50. The van der Waals surface area contributed by atoms with E-state index in [1.54, 1.807) is 11.8 Å². The number of hydrogen-bond donors (Lipinski definition) is 2. The summed E-state index contributed by atoms with van der Waals surface area (Å²) in [6.07, 6.45) is 1.05. The van der Waals surface area contributed by atoms with Crippen molar-refractivity contribution in [3.05, 3.63) is 30.3 Å². The Morgan fingerprint density at radius 2 is 1.95 bits per heavy atom.